The largest absolute Gasteiger partial charge is 0.488 e. The molecule has 2 aromatic heterocycles. The van der Waals surface area contributed by atoms with Crippen LogP contribution in [0.4, 0.5) is 9.57 Å². The third-order valence-electron chi connectivity index (χ3n) is 5.16. The number of pyridine rings is 1. The summed E-state index contributed by atoms with van der Waals surface area (Å²) in [5, 5.41) is 14.3. The van der Waals surface area contributed by atoms with Crippen molar-refractivity contribution in [1.29, 1.82) is 0 Å². The summed E-state index contributed by atoms with van der Waals surface area (Å²) in [5.74, 6) is 0.778. The number of amides is 1. The number of nitrogens with zero attached hydrogens (tertiary/aromatic N) is 3. The molecule has 0 aliphatic carbocycles. The van der Waals surface area contributed by atoms with Gasteiger partial charge in [-0.05, 0) is 60.0 Å². The normalized spacial score (nSPS) is 11.2. The monoisotopic (exact) mass is 510 g/mol. The number of H-pyrrole nitrogens is 1. The number of carbonyl (C=O) groups excluding carboxylic acids is 1. The number of aryl methyl sites for hydroxylation is 1. The van der Waals surface area contributed by atoms with Gasteiger partial charge in [0.25, 0.3) is 5.91 Å². The second-order valence-corrected chi connectivity index (χ2v) is 8.74. The molecule has 3 N–H and O–H groups in total. The highest BCUT2D eigenvalue weighted by Gasteiger charge is 2.13. The number of nitrogens with one attached hydrogen (secondary N) is 3. The van der Waals surface area contributed by atoms with Crippen molar-refractivity contribution in [3.05, 3.63) is 89.5 Å². The molecule has 186 valence electrons. The number of benzene rings is 2. The Morgan fingerprint density at radius 3 is 2.56 bits per heavy atom. The highest BCUT2D eigenvalue weighted by molar-refractivity contribution is 7.81. The Labute approximate surface area is 207 Å². The maximum Gasteiger partial charge on any atom is 0.488 e. The first-order valence-corrected chi connectivity index (χ1v) is 12.3. The first-order chi connectivity index (χ1) is 17.3. The first kappa shape index (κ1) is 24.8. The lowest BCUT2D eigenvalue weighted by molar-refractivity contribution is 0.0951. The van der Waals surface area contributed by atoms with Crippen molar-refractivity contribution in [2.24, 2.45) is 0 Å². The van der Waals surface area contributed by atoms with Crippen LogP contribution in [0.1, 0.15) is 34.2 Å². The van der Waals surface area contributed by atoms with Crippen LogP contribution >= 0.6 is 0 Å². The Kier molecular flexibility index (Phi) is 7.54. The van der Waals surface area contributed by atoms with E-state index in [2.05, 4.69) is 35.0 Å². The molecular weight excluding hydrogens is 487 g/mol. The highest BCUT2D eigenvalue weighted by Crippen LogP contribution is 2.20. The van der Waals surface area contributed by atoms with Gasteiger partial charge in [0, 0.05) is 35.8 Å². The average molecular weight is 511 g/mol. The number of rotatable bonds is 10. The maximum atomic E-state index is 12.9. The quantitative estimate of drug-likeness (QED) is 0.275. The van der Waals surface area contributed by atoms with E-state index < -0.39 is 10.5 Å². The number of halogens is 1. The fourth-order valence-electron chi connectivity index (χ4n) is 3.45. The van der Waals surface area contributed by atoms with Crippen LogP contribution in [0.15, 0.2) is 67.0 Å². The molecule has 0 aliphatic rings. The number of hydrogen-bond donors (Lipinski definition) is 3. The molecule has 2 aromatic carbocycles. The predicted molar refractivity (Wildman–Crippen MR) is 131 cm³/mol. The van der Waals surface area contributed by atoms with Crippen molar-refractivity contribution < 1.29 is 21.3 Å². The number of aromatic amines is 1. The van der Waals surface area contributed by atoms with Crippen LogP contribution in [0.5, 0.6) is 5.75 Å². The van der Waals surface area contributed by atoms with Gasteiger partial charge in [0.2, 0.25) is 0 Å². The molecule has 0 saturated heterocycles. The summed E-state index contributed by atoms with van der Waals surface area (Å²) in [7, 11) is -5.14. The van der Waals surface area contributed by atoms with Crippen LogP contribution in [0.2, 0.25) is 0 Å². The summed E-state index contributed by atoms with van der Waals surface area (Å²) in [4.78, 5) is 19.8. The molecule has 0 saturated carbocycles. The van der Waals surface area contributed by atoms with Gasteiger partial charge < -0.3 is 19.8 Å². The Morgan fingerprint density at radius 1 is 1.03 bits per heavy atom. The van der Waals surface area contributed by atoms with Crippen LogP contribution in [-0.2, 0) is 30.0 Å². The minimum atomic E-state index is -5.14. The van der Waals surface area contributed by atoms with Crippen LogP contribution < -0.4 is 14.8 Å². The van der Waals surface area contributed by atoms with E-state index in [0.717, 1.165) is 11.1 Å². The third kappa shape index (κ3) is 6.85. The summed E-state index contributed by atoms with van der Waals surface area (Å²) in [6.45, 7) is 2.33. The third-order valence-corrected chi connectivity index (χ3v) is 5.55. The lowest BCUT2D eigenvalue weighted by atomic mass is 10.1. The van der Waals surface area contributed by atoms with Crippen molar-refractivity contribution in [2.45, 2.75) is 26.4 Å². The van der Waals surface area contributed by atoms with Crippen LogP contribution in [0, 0.1) is 0 Å². The standard InChI is InChI=1S/C24H23FN6O4S/c1-2-16-10-17(12-21(11-16)35-36(25,33)34)14-28-24(32)19-4-3-5-20(13-19)27-15-22-29-23(31-30-22)18-6-8-26-9-7-18/h3-13,27H,2,14-15H2,1H3,(H,28,32)(H,29,30,31). The Balaban J connectivity index is 1.37. The van der Waals surface area contributed by atoms with Crippen LogP contribution in [0.3, 0.4) is 0 Å². The Bertz CT molecular complexity index is 1460. The molecule has 0 bridgehead atoms. The lowest BCUT2D eigenvalue weighted by Gasteiger charge is -2.10. The number of aromatic nitrogens is 4. The molecule has 0 aliphatic heterocycles. The molecule has 12 heteroatoms. The molecule has 4 aromatic rings. The Hall–Kier alpha value is -4.32. The zero-order valence-electron chi connectivity index (χ0n) is 19.2. The van der Waals surface area contributed by atoms with Gasteiger partial charge in [0.1, 0.15) is 11.6 Å². The van der Waals surface area contributed by atoms with E-state index in [-0.39, 0.29) is 18.2 Å². The molecule has 0 fully saturated rings. The summed E-state index contributed by atoms with van der Waals surface area (Å²) in [6.07, 6.45) is 3.93. The van der Waals surface area contributed by atoms with Gasteiger partial charge >= 0.3 is 10.5 Å². The van der Waals surface area contributed by atoms with E-state index >= 15 is 0 Å². The minimum Gasteiger partial charge on any atom is -0.378 e. The zero-order chi connectivity index (χ0) is 25.5. The second kappa shape index (κ2) is 11.0. The predicted octanol–water partition coefficient (Wildman–Crippen LogP) is 3.56. The number of anilines is 1. The van der Waals surface area contributed by atoms with Gasteiger partial charge in [-0.25, -0.2) is 0 Å². The number of hydrogen-bond acceptors (Lipinski definition) is 8. The highest BCUT2D eigenvalue weighted by atomic mass is 32.3. The van der Waals surface area contributed by atoms with Crippen molar-refractivity contribution in [1.82, 2.24) is 25.5 Å². The van der Waals surface area contributed by atoms with Gasteiger partial charge in [-0.3, -0.25) is 9.78 Å². The van der Waals surface area contributed by atoms with Crippen LogP contribution in [-0.4, -0.2) is 34.5 Å². The lowest BCUT2D eigenvalue weighted by Crippen LogP contribution is -2.23. The molecule has 2 heterocycles. The van der Waals surface area contributed by atoms with Crippen LogP contribution in [0.25, 0.3) is 11.4 Å². The van der Waals surface area contributed by atoms with Gasteiger partial charge in [0.05, 0.1) is 6.54 Å². The van der Waals surface area contributed by atoms with Gasteiger partial charge in [-0.2, -0.15) is 8.42 Å². The van der Waals surface area contributed by atoms with E-state index in [0.29, 0.717) is 41.4 Å². The van der Waals surface area contributed by atoms with E-state index in [1.165, 1.54) is 12.1 Å². The second-order valence-electron chi connectivity index (χ2n) is 7.79. The average Bonchev–Trinajstić information content (AvgIpc) is 3.35. The van der Waals surface area contributed by atoms with E-state index in [4.69, 9.17) is 0 Å². The fourth-order valence-corrected chi connectivity index (χ4v) is 3.78. The van der Waals surface area contributed by atoms with E-state index in [1.54, 1.807) is 36.7 Å². The van der Waals surface area contributed by atoms with Crippen molar-refractivity contribution in [3.8, 4) is 17.1 Å². The number of carbonyl (C=O) groups is 1. The van der Waals surface area contributed by atoms with Crippen molar-refractivity contribution in [3.63, 3.8) is 0 Å². The minimum absolute atomic E-state index is 0.100. The molecular formula is C24H23FN6O4S. The van der Waals surface area contributed by atoms with Gasteiger partial charge in [-0.15, -0.1) is 10.2 Å². The van der Waals surface area contributed by atoms with E-state index in [1.807, 2.05) is 25.1 Å². The van der Waals surface area contributed by atoms with Gasteiger partial charge in [-0.1, -0.05) is 22.9 Å². The fraction of sp³-hybridized carbons (Fsp3) is 0.167. The molecule has 0 unspecified atom stereocenters. The molecule has 0 atom stereocenters. The Morgan fingerprint density at radius 2 is 1.81 bits per heavy atom. The smallest absolute Gasteiger partial charge is 0.378 e. The topological polar surface area (TPSA) is 139 Å². The zero-order valence-corrected chi connectivity index (χ0v) is 20.0. The van der Waals surface area contributed by atoms with Crippen molar-refractivity contribution >= 4 is 22.1 Å². The molecule has 10 nitrogen and oxygen atoms in total. The molecule has 1 amide bonds. The summed E-state index contributed by atoms with van der Waals surface area (Å²) in [5.41, 5.74) is 3.32. The summed E-state index contributed by atoms with van der Waals surface area (Å²) >= 11 is 0. The first-order valence-electron chi connectivity index (χ1n) is 11.0. The molecule has 36 heavy (non-hydrogen) atoms. The van der Waals surface area contributed by atoms with Gasteiger partial charge in [0.15, 0.2) is 5.82 Å². The SMILES string of the molecule is CCc1cc(CNC(=O)c2cccc(NCc3nnc(-c4ccncc4)[nH]3)c2)cc(OS(=O)(=O)F)c1. The summed E-state index contributed by atoms with van der Waals surface area (Å²) in [6, 6.07) is 15.2. The summed E-state index contributed by atoms with van der Waals surface area (Å²) < 4.78 is 38.9. The molecule has 0 radical (unpaired) electrons. The van der Waals surface area contributed by atoms with E-state index in [9.17, 15) is 17.1 Å². The molecule has 0 spiro atoms. The van der Waals surface area contributed by atoms with Crippen molar-refractivity contribution in [2.75, 3.05) is 5.32 Å². The molecule has 4 rings (SSSR count). The maximum absolute atomic E-state index is 12.9.